The molecule has 106 valence electrons. The third kappa shape index (κ3) is 2.41. The van der Waals surface area contributed by atoms with Gasteiger partial charge < -0.3 is 9.47 Å². The van der Waals surface area contributed by atoms with Crippen molar-refractivity contribution in [1.82, 2.24) is 4.90 Å². The molecule has 0 N–H and O–H groups in total. The van der Waals surface area contributed by atoms with Gasteiger partial charge in [-0.3, -0.25) is 4.90 Å². The fraction of sp³-hybridized carbons (Fsp3) is 0.222. The molecule has 0 aliphatic carbocycles. The number of benzene rings is 2. The summed E-state index contributed by atoms with van der Waals surface area (Å²) in [4.78, 5) is 2.29. The van der Waals surface area contributed by atoms with Gasteiger partial charge in [-0.1, -0.05) is 36.4 Å². The first-order chi connectivity index (χ1) is 10.4. The molecule has 0 fully saturated rings. The molecule has 21 heavy (non-hydrogen) atoms. The molecule has 0 radical (unpaired) electrons. The lowest BCUT2D eigenvalue weighted by Gasteiger charge is -2.31. The van der Waals surface area contributed by atoms with Gasteiger partial charge in [0.05, 0.1) is 11.8 Å². The molecule has 0 unspecified atom stereocenters. The molecule has 2 aromatic carbocycles. The number of hydrogen-bond donors (Lipinski definition) is 0. The van der Waals surface area contributed by atoms with Gasteiger partial charge in [-0.05, 0) is 29.7 Å². The number of hydrogen-bond acceptors (Lipinski definition) is 3. The largest absolute Gasteiger partial charge is 0.478 e. The third-order valence-electron chi connectivity index (χ3n) is 3.95. The molecule has 0 saturated heterocycles. The standard InChI is InChI=1S/C18H17NO2/c1-2-5-14(6-3-1)11-19-12-16-17(21-13-19)9-8-15-7-4-10-20-18(15)16/h1-6,8-10H,7,11-13H2. The van der Waals surface area contributed by atoms with Crippen LogP contribution in [0.5, 0.6) is 11.5 Å². The van der Waals surface area contributed by atoms with Gasteiger partial charge in [0.1, 0.15) is 18.2 Å². The van der Waals surface area contributed by atoms with Crippen LogP contribution in [0.15, 0.2) is 54.8 Å². The van der Waals surface area contributed by atoms with Gasteiger partial charge in [0.2, 0.25) is 0 Å². The van der Waals surface area contributed by atoms with E-state index >= 15 is 0 Å². The van der Waals surface area contributed by atoms with Crippen molar-refractivity contribution in [3.8, 4) is 11.5 Å². The van der Waals surface area contributed by atoms with Gasteiger partial charge in [-0.25, -0.2) is 0 Å². The molecule has 0 bridgehead atoms. The first-order valence-corrected chi connectivity index (χ1v) is 7.25. The smallest absolute Gasteiger partial charge is 0.142 e. The molecule has 2 aromatic rings. The average molecular weight is 279 g/mol. The molecule has 0 amide bonds. The number of rotatable bonds is 2. The van der Waals surface area contributed by atoms with Crippen molar-refractivity contribution in [2.24, 2.45) is 0 Å². The summed E-state index contributed by atoms with van der Waals surface area (Å²) in [7, 11) is 0. The highest BCUT2D eigenvalue weighted by Gasteiger charge is 2.24. The van der Waals surface area contributed by atoms with E-state index in [1.165, 1.54) is 16.7 Å². The number of allylic oxidation sites excluding steroid dienone is 1. The van der Waals surface area contributed by atoms with E-state index in [0.717, 1.165) is 31.0 Å². The van der Waals surface area contributed by atoms with E-state index in [4.69, 9.17) is 9.47 Å². The lowest BCUT2D eigenvalue weighted by molar-refractivity contribution is 0.0870. The summed E-state index contributed by atoms with van der Waals surface area (Å²) in [5.41, 5.74) is 3.70. The summed E-state index contributed by atoms with van der Waals surface area (Å²) in [5, 5.41) is 0. The highest BCUT2D eigenvalue weighted by molar-refractivity contribution is 5.52. The van der Waals surface area contributed by atoms with E-state index in [2.05, 4.69) is 41.3 Å². The Hall–Kier alpha value is -2.26. The molecule has 0 atom stereocenters. The van der Waals surface area contributed by atoms with Gasteiger partial charge in [0, 0.05) is 13.1 Å². The van der Waals surface area contributed by atoms with Gasteiger partial charge in [-0.2, -0.15) is 0 Å². The van der Waals surface area contributed by atoms with Crippen LogP contribution in [-0.4, -0.2) is 11.6 Å². The lowest BCUT2D eigenvalue weighted by Crippen LogP contribution is -2.32. The fourth-order valence-corrected chi connectivity index (χ4v) is 2.92. The van der Waals surface area contributed by atoms with Gasteiger partial charge in [0.25, 0.3) is 0 Å². The zero-order chi connectivity index (χ0) is 14.1. The van der Waals surface area contributed by atoms with Crippen LogP contribution in [0.25, 0.3) is 0 Å². The van der Waals surface area contributed by atoms with Crippen molar-refractivity contribution >= 4 is 0 Å². The summed E-state index contributed by atoms with van der Waals surface area (Å²) in [6.45, 7) is 2.37. The predicted octanol–water partition coefficient (Wildman–Crippen LogP) is 3.49. The molecule has 0 saturated carbocycles. The van der Waals surface area contributed by atoms with Crippen molar-refractivity contribution in [2.45, 2.75) is 19.5 Å². The van der Waals surface area contributed by atoms with Crippen molar-refractivity contribution < 1.29 is 9.47 Å². The van der Waals surface area contributed by atoms with Crippen LogP contribution in [0, 0.1) is 0 Å². The second kappa shape index (κ2) is 5.26. The van der Waals surface area contributed by atoms with E-state index in [0.29, 0.717) is 6.73 Å². The summed E-state index contributed by atoms with van der Waals surface area (Å²) < 4.78 is 11.6. The summed E-state index contributed by atoms with van der Waals surface area (Å²) in [6, 6.07) is 14.7. The van der Waals surface area contributed by atoms with E-state index in [9.17, 15) is 0 Å². The lowest BCUT2D eigenvalue weighted by atomic mass is 10.0. The molecular weight excluding hydrogens is 262 g/mol. The Morgan fingerprint density at radius 1 is 1.05 bits per heavy atom. The monoisotopic (exact) mass is 279 g/mol. The SMILES string of the molecule is C1=COc2c(ccc3c2CN(Cc2ccccc2)CO3)C1. The van der Waals surface area contributed by atoms with Gasteiger partial charge >= 0.3 is 0 Å². The van der Waals surface area contributed by atoms with E-state index in [-0.39, 0.29) is 0 Å². The summed E-state index contributed by atoms with van der Waals surface area (Å²) in [5.74, 6) is 1.93. The van der Waals surface area contributed by atoms with E-state index < -0.39 is 0 Å². The molecule has 3 nitrogen and oxygen atoms in total. The van der Waals surface area contributed by atoms with Crippen LogP contribution in [0.1, 0.15) is 16.7 Å². The molecular formula is C18H17NO2. The fourth-order valence-electron chi connectivity index (χ4n) is 2.92. The maximum Gasteiger partial charge on any atom is 0.142 e. The predicted molar refractivity (Wildman–Crippen MR) is 81.1 cm³/mol. The first kappa shape index (κ1) is 12.5. The quantitative estimate of drug-likeness (QED) is 0.840. The van der Waals surface area contributed by atoms with Crippen LogP contribution in [0.4, 0.5) is 0 Å². The van der Waals surface area contributed by atoms with Crippen LogP contribution < -0.4 is 9.47 Å². The van der Waals surface area contributed by atoms with Crippen LogP contribution in [0.2, 0.25) is 0 Å². The Kier molecular flexibility index (Phi) is 3.13. The number of nitrogens with zero attached hydrogens (tertiary/aromatic N) is 1. The highest BCUT2D eigenvalue weighted by Crippen LogP contribution is 2.38. The molecule has 3 heteroatoms. The normalized spacial score (nSPS) is 16.6. The van der Waals surface area contributed by atoms with Gasteiger partial charge in [-0.15, -0.1) is 0 Å². The first-order valence-electron chi connectivity index (χ1n) is 7.25. The Bertz CT molecular complexity index is 679. The average Bonchev–Trinajstić information content (AvgIpc) is 2.56. The summed E-state index contributed by atoms with van der Waals surface area (Å²) in [6.07, 6.45) is 4.75. The Balaban J connectivity index is 1.60. The number of ether oxygens (including phenoxy) is 2. The highest BCUT2D eigenvalue weighted by atomic mass is 16.5. The molecule has 2 heterocycles. The zero-order valence-corrected chi connectivity index (χ0v) is 11.8. The van der Waals surface area contributed by atoms with Crippen LogP contribution in [-0.2, 0) is 19.5 Å². The minimum absolute atomic E-state index is 0.622. The zero-order valence-electron chi connectivity index (χ0n) is 11.8. The second-order valence-electron chi connectivity index (χ2n) is 5.47. The van der Waals surface area contributed by atoms with Crippen molar-refractivity contribution in [3.63, 3.8) is 0 Å². The minimum atomic E-state index is 0.622. The maximum atomic E-state index is 5.90. The Morgan fingerprint density at radius 2 is 1.95 bits per heavy atom. The van der Waals surface area contributed by atoms with Crippen LogP contribution >= 0.6 is 0 Å². The van der Waals surface area contributed by atoms with E-state index in [1.807, 2.05) is 12.1 Å². The van der Waals surface area contributed by atoms with Crippen molar-refractivity contribution in [2.75, 3.05) is 6.73 Å². The van der Waals surface area contributed by atoms with Crippen molar-refractivity contribution in [1.29, 1.82) is 0 Å². The molecule has 4 rings (SSSR count). The van der Waals surface area contributed by atoms with Crippen molar-refractivity contribution in [3.05, 3.63) is 71.5 Å². The molecule has 0 aromatic heterocycles. The van der Waals surface area contributed by atoms with Gasteiger partial charge in [0.15, 0.2) is 0 Å². The maximum absolute atomic E-state index is 5.90. The summed E-state index contributed by atoms with van der Waals surface area (Å²) >= 11 is 0. The third-order valence-corrected chi connectivity index (χ3v) is 3.95. The topological polar surface area (TPSA) is 21.7 Å². The second-order valence-corrected chi connectivity index (χ2v) is 5.47. The van der Waals surface area contributed by atoms with Crippen LogP contribution in [0.3, 0.4) is 0 Å². The minimum Gasteiger partial charge on any atom is -0.478 e. The molecule has 0 spiro atoms. The Labute approximate surface area is 124 Å². The molecule has 2 aliphatic rings. The number of fused-ring (bicyclic) bond motifs is 3. The molecule has 2 aliphatic heterocycles. The Morgan fingerprint density at radius 3 is 2.86 bits per heavy atom. The van der Waals surface area contributed by atoms with E-state index in [1.54, 1.807) is 6.26 Å².